The van der Waals surface area contributed by atoms with E-state index < -0.39 is 10.0 Å². The van der Waals surface area contributed by atoms with Crippen LogP contribution < -0.4 is 5.14 Å². The predicted octanol–water partition coefficient (Wildman–Crippen LogP) is 0.353. The number of rotatable bonds is 8. The van der Waals surface area contributed by atoms with Gasteiger partial charge in [0.25, 0.3) is 0 Å². The third-order valence-electron chi connectivity index (χ3n) is 2.06. The van der Waals surface area contributed by atoms with Crippen LogP contribution in [0.25, 0.3) is 0 Å². The molecule has 92 valence electrons. The second-order valence-corrected chi connectivity index (χ2v) is 5.36. The zero-order chi connectivity index (χ0) is 11.9. The summed E-state index contributed by atoms with van der Waals surface area (Å²) in [6.45, 7) is 4.70. The first-order chi connectivity index (χ1) is 6.89. The summed E-state index contributed by atoms with van der Waals surface area (Å²) >= 11 is 0. The Kier molecular flexibility index (Phi) is 7.08. The fraction of sp³-hybridized carbons (Fsp3) is 1.00. The van der Waals surface area contributed by atoms with Crippen LogP contribution in [0.4, 0.5) is 0 Å². The van der Waals surface area contributed by atoms with Crippen molar-refractivity contribution in [2.75, 3.05) is 26.1 Å². The molecule has 0 saturated heterocycles. The second kappa shape index (κ2) is 7.16. The Hall–Kier alpha value is -0.170. The smallest absolute Gasteiger partial charge is 0.209 e. The standard InChI is InChI=1S/C9H21NO4S/c1-4-9(7-15(10,11)12)6-14-8(2)5-13-3/h8-9H,4-7H2,1-3H3,(H2,10,11,12). The van der Waals surface area contributed by atoms with E-state index in [1.807, 2.05) is 13.8 Å². The maximum Gasteiger partial charge on any atom is 0.209 e. The van der Waals surface area contributed by atoms with Gasteiger partial charge in [0, 0.05) is 7.11 Å². The molecule has 0 radical (unpaired) electrons. The van der Waals surface area contributed by atoms with E-state index in [1.54, 1.807) is 7.11 Å². The monoisotopic (exact) mass is 239 g/mol. The van der Waals surface area contributed by atoms with Crippen molar-refractivity contribution in [1.29, 1.82) is 0 Å². The molecule has 0 aliphatic heterocycles. The molecule has 2 atom stereocenters. The van der Waals surface area contributed by atoms with E-state index in [1.165, 1.54) is 0 Å². The molecule has 0 aliphatic carbocycles. The summed E-state index contributed by atoms with van der Waals surface area (Å²) in [4.78, 5) is 0. The van der Waals surface area contributed by atoms with Gasteiger partial charge in [0.05, 0.1) is 25.1 Å². The second-order valence-electron chi connectivity index (χ2n) is 3.70. The average Bonchev–Trinajstić information content (AvgIpc) is 2.11. The molecule has 0 amide bonds. The van der Waals surface area contributed by atoms with Crippen LogP contribution in [0.2, 0.25) is 0 Å². The fourth-order valence-electron chi connectivity index (χ4n) is 1.20. The minimum absolute atomic E-state index is 0.0236. The minimum Gasteiger partial charge on any atom is -0.382 e. The highest BCUT2D eigenvalue weighted by molar-refractivity contribution is 7.89. The van der Waals surface area contributed by atoms with Crippen LogP contribution in [0.15, 0.2) is 0 Å². The Bertz CT molecular complexity index is 253. The van der Waals surface area contributed by atoms with Gasteiger partial charge in [-0.1, -0.05) is 13.3 Å². The molecule has 0 aromatic rings. The Morgan fingerprint density at radius 3 is 2.33 bits per heavy atom. The third-order valence-corrected chi connectivity index (χ3v) is 3.00. The molecule has 0 fully saturated rings. The lowest BCUT2D eigenvalue weighted by Gasteiger charge is -2.17. The molecule has 0 saturated carbocycles. The van der Waals surface area contributed by atoms with Crippen molar-refractivity contribution in [3.63, 3.8) is 0 Å². The van der Waals surface area contributed by atoms with Crippen LogP contribution in [-0.4, -0.2) is 40.6 Å². The van der Waals surface area contributed by atoms with Crippen LogP contribution in [0.1, 0.15) is 20.3 Å². The van der Waals surface area contributed by atoms with Crippen LogP contribution in [0, 0.1) is 5.92 Å². The van der Waals surface area contributed by atoms with Gasteiger partial charge in [-0.3, -0.25) is 0 Å². The largest absolute Gasteiger partial charge is 0.382 e. The van der Waals surface area contributed by atoms with E-state index in [4.69, 9.17) is 14.6 Å². The zero-order valence-electron chi connectivity index (χ0n) is 9.60. The quantitative estimate of drug-likeness (QED) is 0.663. The predicted molar refractivity (Wildman–Crippen MR) is 59.0 cm³/mol. The summed E-state index contributed by atoms with van der Waals surface area (Å²) in [5, 5.41) is 4.97. The molecule has 0 aromatic heterocycles. The van der Waals surface area contributed by atoms with Crippen molar-refractivity contribution in [2.45, 2.75) is 26.4 Å². The minimum atomic E-state index is -3.41. The first-order valence-electron chi connectivity index (χ1n) is 5.00. The van der Waals surface area contributed by atoms with Crippen LogP contribution in [-0.2, 0) is 19.5 Å². The molecule has 0 spiro atoms. The SMILES string of the molecule is CCC(COC(C)COC)CS(N)(=O)=O. The lowest BCUT2D eigenvalue weighted by Crippen LogP contribution is -2.27. The first-order valence-corrected chi connectivity index (χ1v) is 6.71. The number of nitrogens with two attached hydrogens (primary N) is 1. The third kappa shape index (κ3) is 8.80. The van der Waals surface area contributed by atoms with Gasteiger partial charge in [-0.15, -0.1) is 0 Å². The van der Waals surface area contributed by atoms with Crippen molar-refractivity contribution < 1.29 is 17.9 Å². The number of methoxy groups -OCH3 is 1. The Morgan fingerprint density at radius 2 is 1.93 bits per heavy atom. The Morgan fingerprint density at radius 1 is 1.33 bits per heavy atom. The van der Waals surface area contributed by atoms with Gasteiger partial charge in [-0.2, -0.15) is 0 Å². The molecule has 15 heavy (non-hydrogen) atoms. The summed E-state index contributed by atoms with van der Waals surface area (Å²) in [6, 6.07) is 0. The van der Waals surface area contributed by atoms with E-state index in [2.05, 4.69) is 0 Å². The topological polar surface area (TPSA) is 78.6 Å². The highest BCUT2D eigenvalue weighted by atomic mass is 32.2. The van der Waals surface area contributed by atoms with Crippen molar-refractivity contribution >= 4 is 10.0 Å². The molecule has 2 unspecified atom stereocenters. The first kappa shape index (κ1) is 14.8. The van der Waals surface area contributed by atoms with Crippen molar-refractivity contribution in [2.24, 2.45) is 11.1 Å². The van der Waals surface area contributed by atoms with E-state index >= 15 is 0 Å². The molecular weight excluding hydrogens is 218 g/mol. The van der Waals surface area contributed by atoms with Gasteiger partial charge in [0.1, 0.15) is 0 Å². The van der Waals surface area contributed by atoms with Crippen LogP contribution in [0.5, 0.6) is 0 Å². The lowest BCUT2D eigenvalue weighted by atomic mass is 10.1. The average molecular weight is 239 g/mol. The van der Waals surface area contributed by atoms with E-state index in [-0.39, 0.29) is 17.8 Å². The fourth-order valence-corrected chi connectivity index (χ4v) is 2.18. The number of sulfonamides is 1. The zero-order valence-corrected chi connectivity index (χ0v) is 10.4. The van der Waals surface area contributed by atoms with E-state index in [9.17, 15) is 8.42 Å². The van der Waals surface area contributed by atoms with Crippen molar-refractivity contribution in [1.82, 2.24) is 0 Å². The van der Waals surface area contributed by atoms with Gasteiger partial charge in [-0.05, 0) is 12.8 Å². The van der Waals surface area contributed by atoms with Crippen molar-refractivity contribution in [3.05, 3.63) is 0 Å². The highest BCUT2D eigenvalue weighted by Crippen LogP contribution is 2.07. The van der Waals surface area contributed by atoms with Gasteiger partial charge in [-0.25, -0.2) is 13.6 Å². The summed E-state index contributed by atoms with van der Waals surface area (Å²) in [5.41, 5.74) is 0. The summed E-state index contributed by atoms with van der Waals surface area (Å²) in [6.07, 6.45) is 0.709. The normalized spacial score (nSPS) is 16.3. The van der Waals surface area contributed by atoms with Gasteiger partial charge in [0.15, 0.2) is 0 Å². The van der Waals surface area contributed by atoms with Gasteiger partial charge >= 0.3 is 0 Å². The Labute approximate surface area is 92.0 Å². The molecule has 0 bridgehead atoms. The summed E-state index contributed by atoms with van der Waals surface area (Å²) in [5.74, 6) is -0.0669. The number of hydrogen-bond donors (Lipinski definition) is 1. The van der Waals surface area contributed by atoms with Crippen molar-refractivity contribution in [3.8, 4) is 0 Å². The summed E-state index contributed by atoms with van der Waals surface area (Å²) in [7, 11) is -1.81. The molecule has 5 nitrogen and oxygen atoms in total. The number of ether oxygens (including phenoxy) is 2. The summed E-state index contributed by atoms with van der Waals surface area (Å²) < 4.78 is 32.1. The molecule has 0 aliphatic rings. The molecular formula is C9H21NO4S. The van der Waals surface area contributed by atoms with Crippen LogP contribution in [0.3, 0.4) is 0 Å². The van der Waals surface area contributed by atoms with E-state index in [0.29, 0.717) is 13.2 Å². The maximum absolute atomic E-state index is 10.9. The van der Waals surface area contributed by atoms with E-state index in [0.717, 1.165) is 6.42 Å². The number of hydrogen-bond acceptors (Lipinski definition) is 4. The molecule has 6 heteroatoms. The highest BCUT2D eigenvalue weighted by Gasteiger charge is 2.15. The molecule has 0 rings (SSSR count). The van der Waals surface area contributed by atoms with Gasteiger partial charge < -0.3 is 9.47 Å². The maximum atomic E-state index is 10.9. The molecule has 0 heterocycles. The molecule has 2 N–H and O–H groups in total. The lowest BCUT2D eigenvalue weighted by molar-refractivity contribution is -0.00432. The van der Waals surface area contributed by atoms with Crippen LogP contribution >= 0.6 is 0 Å². The number of primary sulfonamides is 1. The molecule has 0 aromatic carbocycles. The van der Waals surface area contributed by atoms with Gasteiger partial charge in [0.2, 0.25) is 10.0 Å². The Balaban J connectivity index is 3.90.